The molecule has 1 aromatic rings. The number of aliphatic imine (C=N–C) groups is 1. The van der Waals surface area contributed by atoms with E-state index in [-0.39, 0.29) is 22.1 Å². The highest BCUT2D eigenvalue weighted by Gasteiger charge is 2.47. The predicted octanol–water partition coefficient (Wildman–Crippen LogP) is 2.55. The van der Waals surface area contributed by atoms with Crippen LogP contribution in [0.1, 0.15) is 27.1 Å². The maximum absolute atomic E-state index is 12.4. The number of rotatable bonds is 2. The van der Waals surface area contributed by atoms with E-state index >= 15 is 0 Å². The number of fused-ring (bicyclic) bond motifs is 2. The fourth-order valence-electron chi connectivity index (χ4n) is 2.24. The lowest BCUT2D eigenvalue weighted by atomic mass is 9.89. The lowest BCUT2D eigenvalue weighted by Crippen LogP contribution is -2.38. The molecule has 0 N–H and O–H groups in total. The summed E-state index contributed by atoms with van der Waals surface area (Å²) in [7, 11) is 0. The van der Waals surface area contributed by atoms with E-state index in [1.165, 1.54) is 23.5 Å². The molecule has 100 valence electrons. The number of nitrogens with zero attached hydrogens (tertiary/aromatic N) is 2. The Hall–Kier alpha value is -1.58. The fraction of sp³-hybridized carbons (Fsp3) is 0.286. The number of nitriles is 1. The normalized spacial score (nSPS) is 24.1. The van der Waals surface area contributed by atoms with Crippen molar-refractivity contribution in [1.82, 2.24) is 0 Å². The molecule has 0 radical (unpaired) electrons. The predicted molar refractivity (Wildman–Crippen MR) is 80.4 cm³/mol. The van der Waals surface area contributed by atoms with Gasteiger partial charge >= 0.3 is 0 Å². The van der Waals surface area contributed by atoms with Crippen LogP contribution in [0.25, 0.3) is 0 Å². The number of Topliss-reactive ketones (excluding diaryl/α,β-unsaturated/α-hetero) is 2. The van der Waals surface area contributed by atoms with Crippen molar-refractivity contribution in [1.29, 1.82) is 5.26 Å². The Labute approximate surface area is 124 Å². The molecule has 1 aliphatic heterocycles. The highest BCUT2D eigenvalue weighted by molar-refractivity contribution is 8.42. The molecule has 4 nitrogen and oxygen atoms in total. The first kappa shape index (κ1) is 13.4. The second kappa shape index (κ2) is 5.43. The van der Waals surface area contributed by atoms with E-state index in [0.29, 0.717) is 24.1 Å². The quantitative estimate of drug-likeness (QED) is 0.785. The Kier molecular flexibility index (Phi) is 3.64. The third-order valence-electron chi connectivity index (χ3n) is 3.17. The van der Waals surface area contributed by atoms with E-state index < -0.39 is 0 Å². The van der Waals surface area contributed by atoms with Crippen LogP contribution in [0.3, 0.4) is 0 Å². The van der Waals surface area contributed by atoms with Crippen molar-refractivity contribution in [3.05, 3.63) is 35.4 Å². The average molecular weight is 302 g/mol. The van der Waals surface area contributed by atoms with Crippen molar-refractivity contribution in [2.45, 2.75) is 16.9 Å². The summed E-state index contributed by atoms with van der Waals surface area (Å²) < 4.78 is 0.741. The molecule has 0 spiro atoms. The van der Waals surface area contributed by atoms with Crippen molar-refractivity contribution in [3.63, 3.8) is 0 Å². The number of thioether (sulfide) groups is 2. The summed E-state index contributed by atoms with van der Waals surface area (Å²) in [6.45, 7) is 0.417. The summed E-state index contributed by atoms with van der Waals surface area (Å²) >= 11 is 2.71. The Morgan fingerprint density at radius 2 is 1.65 bits per heavy atom. The zero-order valence-electron chi connectivity index (χ0n) is 10.4. The van der Waals surface area contributed by atoms with Crippen molar-refractivity contribution >= 4 is 39.5 Å². The molecule has 1 aliphatic carbocycles. The van der Waals surface area contributed by atoms with Gasteiger partial charge in [0.15, 0.2) is 11.6 Å². The molecule has 0 saturated carbocycles. The standard InChI is InChI=1S/C14H10N2O2S2/c15-6-3-7-16-14-19-12-10(17)8-4-1-2-5-9(8)11(18)13(12)20-14/h1-2,4-5,12-13H,3,7H2/t12-,13-/m1/s1. The van der Waals surface area contributed by atoms with E-state index in [0.717, 1.165) is 4.38 Å². The molecule has 0 aromatic heterocycles. The van der Waals surface area contributed by atoms with Crippen LogP contribution in [0.2, 0.25) is 0 Å². The molecule has 1 aromatic carbocycles. The third kappa shape index (κ3) is 2.17. The smallest absolute Gasteiger partial charge is 0.178 e. The van der Waals surface area contributed by atoms with Gasteiger partial charge in [-0.1, -0.05) is 47.8 Å². The lowest BCUT2D eigenvalue weighted by Gasteiger charge is -2.22. The monoisotopic (exact) mass is 302 g/mol. The molecule has 0 bridgehead atoms. The van der Waals surface area contributed by atoms with Crippen LogP contribution in [-0.2, 0) is 0 Å². The summed E-state index contributed by atoms with van der Waals surface area (Å²) in [5.74, 6) is 0.0152. The van der Waals surface area contributed by atoms with Crippen molar-refractivity contribution in [3.8, 4) is 6.07 Å². The van der Waals surface area contributed by atoms with Gasteiger partial charge in [0, 0.05) is 11.1 Å². The molecule has 3 rings (SSSR count). The topological polar surface area (TPSA) is 70.3 Å². The number of ketones is 2. The Balaban J connectivity index is 1.89. The van der Waals surface area contributed by atoms with Crippen LogP contribution in [0.5, 0.6) is 0 Å². The zero-order chi connectivity index (χ0) is 14.1. The van der Waals surface area contributed by atoms with Crippen LogP contribution in [0.15, 0.2) is 29.3 Å². The van der Waals surface area contributed by atoms with Crippen LogP contribution < -0.4 is 0 Å². The number of benzene rings is 1. The van der Waals surface area contributed by atoms with Gasteiger partial charge in [-0.3, -0.25) is 14.6 Å². The van der Waals surface area contributed by atoms with Crippen LogP contribution in [0.4, 0.5) is 0 Å². The minimum Gasteiger partial charge on any atom is -0.293 e. The Morgan fingerprint density at radius 1 is 1.10 bits per heavy atom. The second-order valence-corrected chi connectivity index (χ2v) is 6.93. The molecule has 1 heterocycles. The molecule has 0 unspecified atom stereocenters. The first-order valence-electron chi connectivity index (χ1n) is 6.14. The molecule has 0 amide bonds. The van der Waals surface area contributed by atoms with Gasteiger partial charge in [0.1, 0.15) is 4.38 Å². The Morgan fingerprint density at radius 3 is 2.15 bits per heavy atom. The van der Waals surface area contributed by atoms with Crippen LogP contribution in [-0.4, -0.2) is 33.0 Å². The van der Waals surface area contributed by atoms with E-state index in [1.807, 2.05) is 6.07 Å². The zero-order valence-corrected chi connectivity index (χ0v) is 12.0. The van der Waals surface area contributed by atoms with Gasteiger partial charge in [0.25, 0.3) is 0 Å². The summed E-state index contributed by atoms with van der Waals surface area (Å²) in [5.41, 5.74) is 1.04. The highest BCUT2D eigenvalue weighted by atomic mass is 32.2. The Bertz CT molecular complexity index is 618. The molecule has 20 heavy (non-hydrogen) atoms. The largest absolute Gasteiger partial charge is 0.293 e. The van der Waals surface area contributed by atoms with Gasteiger partial charge in [-0.15, -0.1) is 0 Å². The minimum absolute atomic E-state index is 0.00758. The first-order valence-corrected chi connectivity index (χ1v) is 7.90. The van der Waals surface area contributed by atoms with Gasteiger partial charge in [0.2, 0.25) is 0 Å². The second-order valence-electron chi connectivity index (χ2n) is 4.41. The van der Waals surface area contributed by atoms with Gasteiger partial charge in [0.05, 0.1) is 29.5 Å². The minimum atomic E-state index is -0.372. The maximum atomic E-state index is 12.4. The van der Waals surface area contributed by atoms with Crippen LogP contribution in [0, 0.1) is 11.3 Å². The lowest BCUT2D eigenvalue weighted by molar-refractivity contribution is 0.0905. The highest BCUT2D eigenvalue weighted by Crippen LogP contribution is 2.45. The molecule has 2 aliphatic rings. The molecule has 6 heteroatoms. The number of hydrogen-bond acceptors (Lipinski definition) is 6. The first-order chi connectivity index (χ1) is 9.72. The summed E-state index contributed by atoms with van der Waals surface area (Å²) in [6, 6.07) is 9.00. The van der Waals surface area contributed by atoms with Gasteiger partial charge < -0.3 is 0 Å². The summed E-state index contributed by atoms with van der Waals surface area (Å²) in [5, 5.41) is 7.76. The van der Waals surface area contributed by atoms with Gasteiger partial charge in [-0.05, 0) is 0 Å². The van der Waals surface area contributed by atoms with Crippen molar-refractivity contribution in [2.75, 3.05) is 6.54 Å². The molecule has 2 atom stereocenters. The molecule has 1 saturated heterocycles. The molecular formula is C14H10N2O2S2. The van der Waals surface area contributed by atoms with E-state index in [9.17, 15) is 9.59 Å². The molecular weight excluding hydrogens is 292 g/mol. The number of carbonyl (C=O) groups is 2. The van der Waals surface area contributed by atoms with E-state index in [2.05, 4.69) is 4.99 Å². The fourth-order valence-corrected chi connectivity index (χ4v) is 5.15. The van der Waals surface area contributed by atoms with Gasteiger partial charge in [-0.2, -0.15) is 5.26 Å². The van der Waals surface area contributed by atoms with E-state index in [4.69, 9.17) is 5.26 Å². The molecule has 1 fully saturated rings. The SMILES string of the molecule is N#CCCN=C1S[C@@H]2C(=O)c3ccccc3C(=O)[C@H]2S1. The van der Waals surface area contributed by atoms with E-state index in [1.54, 1.807) is 24.3 Å². The average Bonchev–Trinajstić information content (AvgIpc) is 2.90. The number of hydrogen-bond donors (Lipinski definition) is 0. The third-order valence-corrected chi connectivity index (χ3v) is 6.06. The van der Waals surface area contributed by atoms with Crippen molar-refractivity contribution < 1.29 is 9.59 Å². The van der Waals surface area contributed by atoms with Gasteiger partial charge in [-0.25, -0.2) is 0 Å². The number of carbonyl (C=O) groups excluding carboxylic acids is 2. The van der Waals surface area contributed by atoms with Crippen LogP contribution >= 0.6 is 23.5 Å². The maximum Gasteiger partial charge on any atom is 0.178 e. The summed E-state index contributed by atoms with van der Waals surface area (Å²) in [6.07, 6.45) is 0.349. The van der Waals surface area contributed by atoms with Crippen molar-refractivity contribution in [2.24, 2.45) is 4.99 Å². The summed E-state index contributed by atoms with van der Waals surface area (Å²) in [4.78, 5) is 29.1.